The van der Waals surface area contributed by atoms with E-state index in [2.05, 4.69) is 6.92 Å². The number of carbonyl (C=O) groups is 1. The molecule has 0 aromatic heterocycles. The molecule has 0 aliphatic carbocycles. The monoisotopic (exact) mass is 247 g/mol. The first-order chi connectivity index (χ1) is 8.69. The zero-order valence-electron chi connectivity index (χ0n) is 10.7. The van der Waals surface area contributed by atoms with E-state index in [-0.39, 0.29) is 5.78 Å². The normalized spacial score (nSPS) is 11.8. The topological polar surface area (TPSA) is 40.9 Å². The van der Waals surface area contributed by atoms with Crippen LogP contribution in [0.5, 0.6) is 0 Å². The van der Waals surface area contributed by atoms with Crippen molar-refractivity contribution in [2.75, 3.05) is 0 Å². The molecule has 0 spiro atoms. The summed E-state index contributed by atoms with van der Waals surface area (Å²) in [6.45, 7) is 2.10. The third-order valence-electron chi connectivity index (χ3n) is 2.91. The van der Waals surface area contributed by atoms with E-state index < -0.39 is 11.7 Å². The van der Waals surface area contributed by atoms with E-state index in [1.54, 1.807) is 6.07 Å². The van der Waals surface area contributed by atoms with Crippen LogP contribution in [0.1, 0.15) is 50.5 Å². The molecule has 0 radical (unpaired) electrons. The average molecular weight is 247 g/mol. The Kier molecular flexibility index (Phi) is 6.07. The van der Waals surface area contributed by atoms with Crippen molar-refractivity contribution in [3.63, 3.8) is 0 Å². The molecule has 0 saturated carbocycles. The molecule has 1 unspecified atom stereocenters. The number of rotatable bonds is 7. The van der Waals surface area contributed by atoms with E-state index in [9.17, 15) is 9.18 Å². The second kappa shape index (κ2) is 7.60. The first-order valence-electron chi connectivity index (χ1n) is 6.36. The summed E-state index contributed by atoms with van der Waals surface area (Å²) in [5.41, 5.74) is 0.456. The Hall–Kier alpha value is -1.69. The van der Waals surface area contributed by atoms with Crippen LogP contribution in [0.2, 0.25) is 0 Å². The number of halogens is 1. The third kappa shape index (κ3) is 4.29. The van der Waals surface area contributed by atoms with Gasteiger partial charge < -0.3 is 0 Å². The van der Waals surface area contributed by atoms with Gasteiger partial charge in [0.05, 0.1) is 6.07 Å². The third-order valence-corrected chi connectivity index (χ3v) is 2.91. The number of hydrogen-bond acceptors (Lipinski definition) is 2. The van der Waals surface area contributed by atoms with E-state index in [0.29, 0.717) is 12.0 Å². The van der Waals surface area contributed by atoms with E-state index in [1.807, 2.05) is 6.07 Å². The van der Waals surface area contributed by atoms with Crippen LogP contribution in [0.15, 0.2) is 24.3 Å². The lowest BCUT2D eigenvalue weighted by molar-refractivity contribution is -0.119. The SMILES string of the molecule is CCCCCCC(=O)C(C#N)c1cccc(F)c1. The van der Waals surface area contributed by atoms with Crippen LogP contribution in [0, 0.1) is 17.1 Å². The fourth-order valence-electron chi connectivity index (χ4n) is 1.89. The minimum absolute atomic E-state index is 0.112. The molecule has 0 fully saturated rings. The van der Waals surface area contributed by atoms with Gasteiger partial charge in [0, 0.05) is 6.42 Å². The molecule has 1 atom stereocenters. The summed E-state index contributed by atoms with van der Waals surface area (Å²) in [6, 6.07) is 7.69. The molecule has 18 heavy (non-hydrogen) atoms. The van der Waals surface area contributed by atoms with Crippen molar-refractivity contribution < 1.29 is 9.18 Å². The molecule has 0 saturated heterocycles. The summed E-state index contributed by atoms with van der Waals surface area (Å²) in [4.78, 5) is 11.9. The number of carbonyl (C=O) groups excluding carboxylic acids is 1. The van der Waals surface area contributed by atoms with Crippen molar-refractivity contribution in [1.29, 1.82) is 5.26 Å². The maximum atomic E-state index is 13.1. The Morgan fingerprint density at radius 1 is 1.39 bits per heavy atom. The highest BCUT2D eigenvalue weighted by Crippen LogP contribution is 2.20. The van der Waals surface area contributed by atoms with Gasteiger partial charge in [0.15, 0.2) is 5.78 Å². The highest BCUT2D eigenvalue weighted by atomic mass is 19.1. The molecule has 0 aliphatic heterocycles. The minimum Gasteiger partial charge on any atom is -0.298 e. The lowest BCUT2D eigenvalue weighted by Crippen LogP contribution is -2.10. The summed E-state index contributed by atoms with van der Waals surface area (Å²) >= 11 is 0. The van der Waals surface area contributed by atoms with E-state index >= 15 is 0 Å². The van der Waals surface area contributed by atoms with Crippen LogP contribution >= 0.6 is 0 Å². The first-order valence-corrected chi connectivity index (χ1v) is 6.36. The van der Waals surface area contributed by atoms with Crippen LogP contribution in [0.25, 0.3) is 0 Å². The highest BCUT2D eigenvalue weighted by Gasteiger charge is 2.19. The van der Waals surface area contributed by atoms with Gasteiger partial charge in [-0.25, -0.2) is 4.39 Å². The van der Waals surface area contributed by atoms with Crippen molar-refractivity contribution in [3.8, 4) is 6.07 Å². The number of nitrogens with zero attached hydrogens (tertiary/aromatic N) is 1. The second-order valence-corrected chi connectivity index (χ2v) is 4.39. The van der Waals surface area contributed by atoms with Crippen molar-refractivity contribution in [1.82, 2.24) is 0 Å². The Labute approximate surface area is 107 Å². The van der Waals surface area contributed by atoms with E-state index in [0.717, 1.165) is 25.7 Å². The van der Waals surface area contributed by atoms with Crippen molar-refractivity contribution in [3.05, 3.63) is 35.6 Å². The zero-order valence-corrected chi connectivity index (χ0v) is 10.7. The number of ketones is 1. The van der Waals surface area contributed by atoms with Gasteiger partial charge in [0.25, 0.3) is 0 Å². The number of nitriles is 1. The molecule has 96 valence electrons. The number of benzene rings is 1. The van der Waals surface area contributed by atoms with Crippen LogP contribution in [-0.2, 0) is 4.79 Å². The summed E-state index contributed by atoms with van der Waals surface area (Å²) in [7, 11) is 0. The molecule has 0 bridgehead atoms. The van der Waals surface area contributed by atoms with E-state index in [1.165, 1.54) is 18.2 Å². The highest BCUT2D eigenvalue weighted by molar-refractivity contribution is 5.88. The fraction of sp³-hybridized carbons (Fsp3) is 0.467. The zero-order chi connectivity index (χ0) is 13.4. The van der Waals surface area contributed by atoms with Gasteiger partial charge in [0.2, 0.25) is 0 Å². The predicted octanol–water partition coefficient (Wildman–Crippen LogP) is 3.97. The van der Waals surface area contributed by atoms with Gasteiger partial charge in [-0.1, -0.05) is 38.3 Å². The molecule has 3 heteroatoms. The molecule has 2 nitrogen and oxygen atoms in total. The van der Waals surface area contributed by atoms with Crippen LogP contribution in [-0.4, -0.2) is 5.78 Å². The molecule has 0 amide bonds. The summed E-state index contributed by atoms with van der Waals surface area (Å²) in [5.74, 6) is -1.35. The molecular formula is C15H18FNO. The van der Waals surface area contributed by atoms with Crippen molar-refractivity contribution >= 4 is 5.78 Å². The van der Waals surface area contributed by atoms with E-state index in [4.69, 9.17) is 5.26 Å². The minimum atomic E-state index is -0.831. The number of hydrogen-bond donors (Lipinski definition) is 0. The predicted molar refractivity (Wildman–Crippen MR) is 68.5 cm³/mol. The summed E-state index contributed by atoms with van der Waals surface area (Å²) < 4.78 is 13.1. The smallest absolute Gasteiger partial charge is 0.154 e. The summed E-state index contributed by atoms with van der Waals surface area (Å²) in [5, 5.41) is 9.05. The van der Waals surface area contributed by atoms with Crippen LogP contribution in [0.4, 0.5) is 4.39 Å². The Morgan fingerprint density at radius 3 is 2.78 bits per heavy atom. The van der Waals surface area contributed by atoms with Gasteiger partial charge in [-0.15, -0.1) is 0 Å². The Balaban J connectivity index is 2.61. The lowest BCUT2D eigenvalue weighted by Gasteiger charge is -2.08. The summed E-state index contributed by atoms with van der Waals surface area (Å²) in [6.07, 6.45) is 4.42. The molecule has 1 aromatic rings. The molecule has 0 N–H and O–H groups in total. The Morgan fingerprint density at radius 2 is 2.17 bits per heavy atom. The largest absolute Gasteiger partial charge is 0.298 e. The first kappa shape index (κ1) is 14.4. The van der Waals surface area contributed by atoms with Gasteiger partial charge in [0.1, 0.15) is 11.7 Å². The average Bonchev–Trinajstić information content (AvgIpc) is 2.36. The fourth-order valence-corrected chi connectivity index (χ4v) is 1.89. The quantitative estimate of drug-likeness (QED) is 0.684. The molecule has 0 aliphatic rings. The molecule has 1 rings (SSSR count). The van der Waals surface area contributed by atoms with Crippen molar-refractivity contribution in [2.45, 2.75) is 44.9 Å². The van der Waals surface area contributed by atoms with Gasteiger partial charge in [-0.05, 0) is 24.1 Å². The number of unbranched alkanes of at least 4 members (excludes halogenated alkanes) is 3. The van der Waals surface area contributed by atoms with Gasteiger partial charge in [-0.2, -0.15) is 5.26 Å². The maximum absolute atomic E-state index is 13.1. The van der Waals surface area contributed by atoms with Gasteiger partial charge in [-0.3, -0.25) is 4.79 Å². The molecule has 0 heterocycles. The maximum Gasteiger partial charge on any atom is 0.154 e. The number of Topliss-reactive ketones (excluding diaryl/α,β-unsaturated/α-hetero) is 1. The van der Waals surface area contributed by atoms with Crippen LogP contribution in [0.3, 0.4) is 0 Å². The second-order valence-electron chi connectivity index (χ2n) is 4.39. The molecule has 1 aromatic carbocycles. The molecular weight excluding hydrogens is 229 g/mol. The lowest BCUT2D eigenvalue weighted by atomic mass is 9.93. The van der Waals surface area contributed by atoms with Crippen LogP contribution < -0.4 is 0 Å². The Bertz CT molecular complexity index is 436. The standard InChI is InChI=1S/C15H18FNO/c1-2-3-4-5-9-15(18)14(11-17)12-7-6-8-13(16)10-12/h6-8,10,14H,2-5,9H2,1H3. The van der Waals surface area contributed by atoms with Crippen molar-refractivity contribution in [2.24, 2.45) is 0 Å². The van der Waals surface area contributed by atoms with Gasteiger partial charge >= 0.3 is 0 Å².